The number of fused-ring (bicyclic) bond motifs is 1. The maximum Gasteiger partial charge on any atom is 0.194 e. The summed E-state index contributed by atoms with van der Waals surface area (Å²) in [7, 11) is 0. The Labute approximate surface area is 116 Å². The molecule has 98 valence electrons. The summed E-state index contributed by atoms with van der Waals surface area (Å²) >= 11 is 1.67. The molecule has 0 radical (unpaired) electrons. The Morgan fingerprint density at radius 3 is 2.74 bits per heavy atom. The summed E-state index contributed by atoms with van der Waals surface area (Å²) in [5.74, 6) is 0. The summed E-state index contributed by atoms with van der Waals surface area (Å²) in [6.45, 7) is 2.84. The first-order chi connectivity index (χ1) is 9.31. The van der Waals surface area contributed by atoms with Gasteiger partial charge in [0.15, 0.2) is 4.96 Å². The number of hydrogen-bond acceptors (Lipinski definition) is 3. The molecule has 0 saturated heterocycles. The van der Waals surface area contributed by atoms with Crippen molar-refractivity contribution in [2.45, 2.75) is 19.8 Å². The molecule has 0 unspecified atom stereocenters. The minimum atomic E-state index is 0.671. The SMILES string of the molecule is CCc1ccc(-c2cn3c(CCN)csc3n2)cc1. The molecule has 0 amide bonds. The number of aromatic nitrogens is 2. The highest BCUT2D eigenvalue weighted by atomic mass is 32.1. The second-order valence-corrected chi connectivity index (χ2v) is 5.43. The lowest BCUT2D eigenvalue weighted by atomic mass is 10.1. The van der Waals surface area contributed by atoms with Gasteiger partial charge in [0.1, 0.15) is 0 Å². The van der Waals surface area contributed by atoms with Crippen LogP contribution in [0.2, 0.25) is 0 Å². The number of benzene rings is 1. The summed E-state index contributed by atoms with van der Waals surface area (Å²) in [5, 5.41) is 2.14. The summed E-state index contributed by atoms with van der Waals surface area (Å²) in [6, 6.07) is 8.63. The fourth-order valence-corrected chi connectivity index (χ4v) is 3.11. The van der Waals surface area contributed by atoms with Gasteiger partial charge in [-0.1, -0.05) is 31.2 Å². The van der Waals surface area contributed by atoms with Crippen LogP contribution in [0.4, 0.5) is 0 Å². The normalized spacial score (nSPS) is 11.3. The second kappa shape index (κ2) is 5.15. The van der Waals surface area contributed by atoms with Crippen molar-refractivity contribution in [3.8, 4) is 11.3 Å². The number of thiazole rings is 1. The molecule has 0 aliphatic rings. The maximum absolute atomic E-state index is 5.63. The largest absolute Gasteiger partial charge is 0.330 e. The van der Waals surface area contributed by atoms with E-state index in [2.05, 4.69) is 52.2 Å². The maximum atomic E-state index is 5.63. The average Bonchev–Trinajstić information content (AvgIpc) is 3.01. The van der Waals surface area contributed by atoms with E-state index < -0.39 is 0 Å². The van der Waals surface area contributed by atoms with E-state index in [4.69, 9.17) is 5.73 Å². The number of aryl methyl sites for hydroxylation is 1. The van der Waals surface area contributed by atoms with Gasteiger partial charge in [-0.2, -0.15) is 0 Å². The van der Waals surface area contributed by atoms with Gasteiger partial charge in [0.2, 0.25) is 0 Å². The molecule has 0 atom stereocenters. The zero-order valence-corrected chi connectivity index (χ0v) is 11.8. The van der Waals surface area contributed by atoms with Crippen molar-refractivity contribution in [2.75, 3.05) is 6.54 Å². The zero-order chi connectivity index (χ0) is 13.2. The fraction of sp³-hybridized carbons (Fsp3) is 0.267. The van der Waals surface area contributed by atoms with Gasteiger partial charge in [-0.05, 0) is 18.5 Å². The van der Waals surface area contributed by atoms with E-state index in [9.17, 15) is 0 Å². The van der Waals surface area contributed by atoms with Crippen LogP contribution in [0.3, 0.4) is 0 Å². The van der Waals surface area contributed by atoms with Crippen molar-refractivity contribution < 1.29 is 0 Å². The predicted molar refractivity (Wildman–Crippen MR) is 80.6 cm³/mol. The third-order valence-corrected chi connectivity index (χ3v) is 4.23. The van der Waals surface area contributed by atoms with Crippen LogP contribution in [0.1, 0.15) is 18.2 Å². The lowest BCUT2D eigenvalue weighted by Gasteiger charge is -1.99. The van der Waals surface area contributed by atoms with Gasteiger partial charge in [0, 0.05) is 29.3 Å². The molecule has 1 aromatic carbocycles. The molecule has 0 aliphatic heterocycles. The lowest BCUT2D eigenvalue weighted by molar-refractivity contribution is 0.909. The van der Waals surface area contributed by atoms with Crippen molar-refractivity contribution in [3.05, 3.63) is 47.1 Å². The summed E-state index contributed by atoms with van der Waals surface area (Å²) in [6.07, 6.45) is 4.07. The van der Waals surface area contributed by atoms with E-state index in [1.165, 1.54) is 16.8 Å². The van der Waals surface area contributed by atoms with Crippen LogP contribution in [-0.4, -0.2) is 15.9 Å². The zero-order valence-electron chi connectivity index (χ0n) is 11.0. The van der Waals surface area contributed by atoms with Gasteiger partial charge < -0.3 is 5.73 Å². The van der Waals surface area contributed by atoms with E-state index >= 15 is 0 Å². The van der Waals surface area contributed by atoms with Crippen LogP contribution < -0.4 is 5.73 Å². The van der Waals surface area contributed by atoms with Crippen molar-refractivity contribution in [2.24, 2.45) is 5.73 Å². The van der Waals surface area contributed by atoms with Gasteiger partial charge in [0.25, 0.3) is 0 Å². The molecule has 19 heavy (non-hydrogen) atoms. The highest BCUT2D eigenvalue weighted by Crippen LogP contribution is 2.24. The Kier molecular flexibility index (Phi) is 3.36. The first-order valence-electron chi connectivity index (χ1n) is 6.56. The monoisotopic (exact) mass is 271 g/mol. The first-order valence-corrected chi connectivity index (χ1v) is 7.44. The van der Waals surface area contributed by atoms with Gasteiger partial charge >= 0.3 is 0 Å². The number of nitrogens with two attached hydrogens (primary N) is 1. The van der Waals surface area contributed by atoms with Crippen molar-refractivity contribution in [1.29, 1.82) is 0 Å². The van der Waals surface area contributed by atoms with Crippen LogP contribution in [-0.2, 0) is 12.8 Å². The Balaban J connectivity index is 1.99. The highest BCUT2D eigenvalue weighted by Gasteiger charge is 2.08. The molecule has 0 spiro atoms. The lowest BCUT2D eigenvalue weighted by Crippen LogP contribution is -2.04. The highest BCUT2D eigenvalue weighted by molar-refractivity contribution is 7.15. The molecule has 0 fully saturated rings. The molecular weight excluding hydrogens is 254 g/mol. The minimum Gasteiger partial charge on any atom is -0.330 e. The topological polar surface area (TPSA) is 43.3 Å². The van der Waals surface area contributed by atoms with E-state index in [-0.39, 0.29) is 0 Å². The molecule has 3 aromatic rings. The Hall–Kier alpha value is -1.65. The van der Waals surface area contributed by atoms with Crippen LogP contribution in [0.25, 0.3) is 16.2 Å². The van der Waals surface area contributed by atoms with E-state index in [1.54, 1.807) is 11.3 Å². The smallest absolute Gasteiger partial charge is 0.194 e. The van der Waals surface area contributed by atoms with Gasteiger partial charge in [-0.25, -0.2) is 4.98 Å². The van der Waals surface area contributed by atoms with Crippen molar-refractivity contribution in [1.82, 2.24) is 9.38 Å². The van der Waals surface area contributed by atoms with Crippen LogP contribution in [0.5, 0.6) is 0 Å². The van der Waals surface area contributed by atoms with E-state index in [1.807, 2.05) is 0 Å². The van der Waals surface area contributed by atoms with Crippen LogP contribution in [0.15, 0.2) is 35.8 Å². The molecule has 2 aromatic heterocycles. The molecule has 4 heteroatoms. The molecule has 0 bridgehead atoms. The fourth-order valence-electron chi connectivity index (χ4n) is 2.21. The number of nitrogens with zero attached hydrogens (tertiary/aromatic N) is 2. The summed E-state index contributed by atoms with van der Waals surface area (Å²) in [4.78, 5) is 5.72. The third-order valence-electron chi connectivity index (χ3n) is 3.34. The van der Waals surface area contributed by atoms with Crippen LogP contribution in [0, 0.1) is 0 Å². The first kappa shape index (κ1) is 12.4. The molecule has 3 rings (SSSR count). The van der Waals surface area contributed by atoms with E-state index in [0.717, 1.165) is 23.5 Å². The summed E-state index contributed by atoms with van der Waals surface area (Å²) in [5.41, 5.74) is 10.4. The third kappa shape index (κ3) is 2.29. The van der Waals surface area contributed by atoms with Gasteiger partial charge in [-0.3, -0.25) is 4.40 Å². The minimum absolute atomic E-state index is 0.671. The van der Waals surface area contributed by atoms with Crippen molar-refractivity contribution in [3.63, 3.8) is 0 Å². The average molecular weight is 271 g/mol. The van der Waals surface area contributed by atoms with Crippen molar-refractivity contribution >= 4 is 16.3 Å². The van der Waals surface area contributed by atoms with E-state index in [0.29, 0.717) is 6.54 Å². The Bertz CT molecular complexity index is 679. The number of hydrogen-bond donors (Lipinski definition) is 1. The predicted octanol–water partition coefficient (Wildman–Crippen LogP) is 3.13. The number of imidazole rings is 1. The van der Waals surface area contributed by atoms with Crippen LogP contribution >= 0.6 is 11.3 Å². The Morgan fingerprint density at radius 1 is 1.26 bits per heavy atom. The molecule has 3 nitrogen and oxygen atoms in total. The second-order valence-electron chi connectivity index (χ2n) is 4.59. The van der Waals surface area contributed by atoms with Gasteiger partial charge in [-0.15, -0.1) is 11.3 Å². The summed E-state index contributed by atoms with van der Waals surface area (Å²) < 4.78 is 2.15. The molecular formula is C15H17N3S. The standard InChI is InChI=1S/C15H17N3S/c1-2-11-3-5-12(6-4-11)14-9-18-13(7-8-16)10-19-15(18)17-14/h3-6,9-10H,2,7-8,16H2,1H3. The Morgan fingerprint density at radius 2 is 2.05 bits per heavy atom. The molecule has 2 N–H and O–H groups in total. The number of rotatable bonds is 4. The molecule has 0 aliphatic carbocycles. The molecule has 2 heterocycles. The van der Waals surface area contributed by atoms with Gasteiger partial charge in [0.05, 0.1) is 5.69 Å². The molecule has 0 saturated carbocycles. The quantitative estimate of drug-likeness (QED) is 0.792.